The smallest absolute Gasteiger partial charge is 0.0547 e. The van der Waals surface area contributed by atoms with Gasteiger partial charge in [-0.1, -0.05) is 176 Å². The molecule has 0 bridgehead atoms. The SMILES string of the molecule is CC1CCCCC1.CC1CCCCC1.CC1CCCCC1.CC1CCCCC1.C[C@@H]1CCCCN1.C[C@@H]1CCCCO1.C[C@@H]1CCCNC1.C[C@@H]1CCCOC1. The Balaban J connectivity index is 0.000000320. The molecule has 4 aliphatic heterocycles. The molecule has 4 aliphatic carbocycles. The Bertz CT molecular complexity index is 553. The Labute approximate surface area is 354 Å². The van der Waals surface area contributed by atoms with Gasteiger partial charge in [-0.05, 0) is 127 Å². The van der Waals surface area contributed by atoms with E-state index in [2.05, 4.69) is 66.0 Å². The van der Waals surface area contributed by atoms with E-state index in [4.69, 9.17) is 9.47 Å². The first-order valence-corrected chi connectivity index (χ1v) is 25.8. The van der Waals surface area contributed by atoms with Crippen molar-refractivity contribution in [3.8, 4) is 0 Å². The summed E-state index contributed by atoms with van der Waals surface area (Å²) in [6.07, 6.45) is 43.8. The second-order valence-electron chi connectivity index (χ2n) is 20.3. The van der Waals surface area contributed by atoms with Gasteiger partial charge < -0.3 is 20.1 Å². The minimum absolute atomic E-state index is 0.536. The minimum Gasteiger partial charge on any atom is -0.381 e. The number of ether oxygens (including phenoxy) is 2. The molecule has 8 aliphatic rings. The molecule has 4 saturated carbocycles. The average molecular weight is 791 g/mol. The van der Waals surface area contributed by atoms with E-state index in [-0.39, 0.29) is 0 Å². The van der Waals surface area contributed by atoms with Gasteiger partial charge in [0, 0.05) is 25.9 Å². The fourth-order valence-electron chi connectivity index (χ4n) is 9.08. The number of piperidine rings is 2. The minimum atomic E-state index is 0.536. The molecule has 56 heavy (non-hydrogen) atoms. The van der Waals surface area contributed by atoms with Gasteiger partial charge >= 0.3 is 0 Å². The molecular weight excluding hydrogens is 685 g/mol. The third kappa shape index (κ3) is 36.9. The Kier molecular flexibility index (Phi) is 37.5. The molecule has 4 saturated heterocycles. The van der Waals surface area contributed by atoms with Crippen LogP contribution in [0, 0.1) is 35.5 Å². The summed E-state index contributed by atoms with van der Waals surface area (Å²) in [6, 6.07) is 0.786. The predicted octanol–water partition coefficient (Wildman–Crippen LogP) is 15.5. The van der Waals surface area contributed by atoms with Crippen molar-refractivity contribution in [2.45, 2.75) is 260 Å². The van der Waals surface area contributed by atoms with Crippen molar-refractivity contribution in [2.24, 2.45) is 35.5 Å². The van der Waals surface area contributed by atoms with E-state index < -0.39 is 0 Å². The fraction of sp³-hybridized carbons (Fsp3) is 1.00. The van der Waals surface area contributed by atoms with Crippen molar-refractivity contribution >= 4 is 0 Å². The van der Waals surface area contributed by atoms with Crippen LogP contribution in [0.1, 0.15) is 248 Å². The maximum Gasteiger partial charge on any atom is 0.0547 e. The fourth-order valence-corrected chi connectivity index (χ4v) is 9.08. The molecule has 336 valence electrons. The summed E-state index contributed by atoms with van der Waals surface area (Å²) in [7, 11) is 0. The van der Waals surface area contributed by atoms with E-state index in [1.807, 2.05) is 0 Å². The lowest BCUT2D eigenvalue weighted by Crippen LogP contribution is -2.30. The van der Waals surface area contributed by atoms with Crippen LogP contribution in [0.2, 0.25) is 0 Å². The van der Waals surface area contributed by atoms with Crippen LogP contribution in [-0.4, -0.2) is 51.6 Å². The summed E-state index contributed by atoms with van der Waals surface area (Å²) in [5.74, 6) is 5.88. The molecule has 0 aromatic heterocycles. The molecule has 0 aromatic carbocycles. The third-order valence-corrected chi connectivity index (χ3v) is 13.5. The van der Waals surface area contributed by atoms with Gasteiger partial charge in [0.05, 0.1) is 6.10 Å². The summed E-state index contributed by atoms with van der Waals surface area (Å²) >= 11 is 0. The average Bonchev–Trinajstić information content (AvgIpc) is 3.22. The van der Waals surface area contributed by atoms with Gasteiger partial charge in [-0.15, -0.1) is 0 Å². The van der Waals surface area contributed by atoms with Crippen LogP contribution in [0.15, 0.2) is 0 Å². The quantitative estimate of drug-likeness (QED) is 0.256. The summed E-state index contributed by atoms with van der Waals surface area (Å²) in [6.45, 7) is 25.0. The Morgan fingerprint density at radius 3 is 0.946 bits per heavy atom. The van der Waals surface area contributed by atoms with Crippen molar-refractivity contribution in [1.29, 1.82) is 0 Å². The molecule has 4 heteroatoms. The maximum atomic E-state index is 5.28. The van der Waals surface area contributed by atoms with Crippen molar-refractivity contribution in [1.82, 2.24) is 10.6 Å². The molecule has 4 atom stereocenters. The predicted molar refractivity (Wildman–Crippen MR) is 250 cm³/mol. The molecule has 4 heterocycles. The highest BCUT2D eigenvalue weighted by Crippen LogP contribution is 2.24. The number of rotatable bonds is 0. The monoisotopic (exact) mass is 791 g/mol. The topological polar surface area (TPSA) is 42.5 Å². The van der Waals surface area contributed by atoms with E-state index in [1.54, 1.807) is 0 Å². The van der Waals surface area contributed by atoms with Crippen LogP contribution in [0.5, 0.6) is 0 Å². The van der Waals surface area contributed by atoms with E-state index >= 15 is 0 Å². The highest BCUT2D eigenvalue weighted by atomic mass is 16.5. The normalized spacial score (nSPS) is 29.1. The standard InChI is InChI=1S/4C7H14.2C6H13N.2C6H12O/c4*1-7-5-3-2-4-6-7;1-6-3-2-4-7-5-6;1-6-4-2-3-5-7-6;1-6-3-2-4-7-5-6;1-6-4-2-3-5-7-6/h4*7H,2-6H2,1H3;2*6-7H,2-5H2,1H3;2*6H,2-5H2,1H3/t;;;;4*6-/m....1111/s1. The van der Waals surface area contributed by atoms with Gasteiger partial charge in [-0.3, -0.25) is 0 Å². The van der Waals surface area contributed by atoms with Crippen molar-refractivity contribution in [3.63, 3.8) is 0 Å². The van der Waals surface area contributed by atoms with Crippen molar-refractivity contribution < 1.29 is 9.47 Å². The highest BCUT2D eigenvalue weighted by molar-refractivity contribution is 4.66. The molecular formula is C52H106N2O2. The Morgan fingerprint density at radius 2 is 0.768 bits per heavy atom. The molecule has 0 radical (unpaired) electrons. The molecule has 8 fully saturated rings. The number of hydrogen-bond acceptors (Lipinski definition) is 4. The molecule has 0 aromatic rings. The maximum absolute atomic E-state index is 5.28. The molecule has 2 N–H and O–H groups in total. The zero-order chi connectivity index (χ0) is 40.9. The Morgan fingerprint density at radius 1 is 0.339 bits per heavy atom. The van der Waals surface area contributed by atoms with Gasteiger partial charge in [-0.25, -0.2) is 0 Å². The van der Waals surface area contributed by atoms with Crippen LogP contribution in [0.4, 0.5) is 0 Å². The largest absolute Gasteiger partial charge is 0.381 e. The van der Waals surface area contributed by atoms with E-state index in [1.165, 1.54) is 212 Å². The summed E-state index contributed by atoms with van der Waals surface area (Å²) < 4.78 is 10.5. The summed E-state index contributed by atoms with van der Waals surface area (Å²) in [4.78, 5) is 0. The van der Waals surface area contributed by atoms with Crippen molar-refractivity contribution in [3.05, 3.63) is 0 Å². The first kappa shape index (κ1) is 53.9. The molecule has 0 unspecified atom stereocenters. The first-order valence-electron chi connectivity index (χ1n) is 25.8. The molecule has 0 amide bonds. The second-order valence-corrected chi connectivity index (χ2v) is 20.3. The molecule has 4 nitrogen and oxygen atoms in total. The van der Waals surface area contributed by atoms with E-state index in [0.717, 1.165) is 61.4 Å². The zero-order valence-corrected chi connectivity index (χ0v) is 39.9. The third-order valence-electron chi connectivity index (χ3n) is 13.5. The number of nitrogens with one attached hydrogen (secondary N) is 2. The van der Waals surface area contributed by atoms with Crippen LogP contribution in [0.3, 0.4) is 0 Å². The van der Waals surface area contributed by atoms with Crippen LogP contribution >= 0.6 is 0 Å². The van der Waals surface area contributed by atoms with Gasteiger partial charge in [0.25, 0.3) is 0 Å². The van der Waals surface area contributed by atoms with E-state index in [0.29, 0.717) is 6.10 Å². The van der Waals surface area contributed by atoms with Gasteiger partial charge in [0.2, 0.25) is 0 Å². The van der Waals surface area contributed by atoms with Crippen LogP contribution in [-0.2, 0) is 9.47 Å². The summed E-state index contributed by atoms with van der Waals surface area (Å²) in [5, 5.41) is 6.72. The lowest BCUT2D eigenvalue weighted by Gasteiger charge is -2.18. The van der Waals surface area contributed by atoms with E-state index in [9.17, 15) is 0 Å². The lowest BCUT2D eigenvalue weighted by atomic mass is 9.91. The van der Waals surface area contributed by atoms with Crippen molar-refractivity contribution in [2.75, 3.05) is 39.5 Å². The lowest BCUT2D eigenvalue weighted by molar-refractivity contribution is 0.0285. The molecule has 8 rings (SSSR count). The Hall–Kier alpha value is -0.160. The highest BCUT2D eigenvalue weighted by Gasteiger charge is 2.10. The zero-order valence-electron chi connectivity index (χ0n) is 39.9. The first-order chi connectivity index (χ1) is 27.2. The van der Waals surface area contributed by atoms with Gasteiger partial charge in [-0.2, -0.15) is 0 Å². The summed E-state index contributed by atoms with van der Waals surface area (Å²) in [5.41, 5.74) is 0. The van der Waals surface area contributed by atoms with Gasteiger partial charge in [0.15, 0.2) is 0 Å². The number of hydrogen-bond donors (Lipinski definition) is 2. The van der Waals surface area contributed by atoms with Crippen LogP contribution in [0.25, 0.3) is 0 Å². The van der Waals surface area contributed by atoms with Gasteiger partial charge in [0.1, 0.15) is 0 Å². The molecule has 0 spiro atoms. The van der Waals surface area contributed by atoms with Crippen LogP contribution < -0.4 is 10.6 Å². The second kappa shape index (κ2) is 39.0.